The smallest absolute Gasteiger partial charge is 0.0469 e. The van der Waals surface area contributed by atoms with E-state index in [1.54, 1.807) is 0 Å². The molecule has 1 rings (SSSR count). The summed E-state index contributed by atoms with van der Waals surface area (Å²) in [5, 5.41) is 0. The molecule has 2 atom stereocenters. The molecule has 0 bridgehead atoms. The molecule has 0 spiro atoms. The number of rotatable bonds is 1. The van der Waals surface area contributed by atoms with Crippen molar-refractivity contribution in [2.45, 2.75) is 32.2 Å². The Balaban J connectivity index is 2.28. The topological polar surface area (TPSA) is 35.2 Å². The van der Waals surface area contributed by atoms with Crippen LogP contribution in [0.3, 0.4) is 0 Å². The van der Waals surface area contributed by atoms with Gasteiger partial charge in [-0.05, 0) is 32.1 Å². The molecule has 10 heavy (non-hydrogen) atoms. The minimum Gasteiger partial charge on any atom is -0.381 e. The van der Waals surface area contributed by atoms with Gasteiger partial charge in [-0.2, -0.15) is 0 Å². The summed E-state index contributed by atoms with van der Waals surface area (Å²) in [7, 11) is 0. The Morgan fingerprint density at radius 1 is 1.40 bits per heavy atom. The van der Waals surface area contributed by atoms with E-state index < -0.39 is 0 Å². The molecular formula is C8H17NO. The Kier molecular flexibility index (Phi) is 3.16. The molecule has 0 amide bonds. The highest BCUT2D eigenvalue weighted by atomic mass is 16.5. The molecule has 1 aliphatic rings. The van der Waals surface area contributed by atoms with E-state index in [2.05, 4.69) is 6.92 Å². The molecule has 60 valence electrons. The molecule has 0 aromatic heterocycles. The van der Waals surface area contributed by atoms with Crippen LogP contribution >= 0.6 is 0 Å². The second kappa shape index (κ2) is 3.94. The van der Waals surface area contributed by atoms with Crippen LogP contribution in [0.5, 0.6) is 0 Å². The lowest BCUT2D eigenvalue weighted by Crippen LogP contribution is -2.26. The number of ether oxygens (including phenoxy) is 1. The maximum atomic E-state index is 5.78. The van der Waals surface area contributed by atoms with Gasteiger partial charge in [-0.15, -0.1) is 0 Å². The lowest BCUT2D eigenvalue weighted by molar-refractivity contribution is 0.140. The third-order valence-electron chi connectivity index (χ3n) is 2.24. The fraction of sp³-hybridized carbons (Fsp3) is 1.00. The molecule has 1 aliphatic heterocycles. The molecule has 1 fully saturated rings. The zero-order valence-electron chi connectivity index (χ0n) is 6.68. The molecule has 1 saturated heterocycles. The van der Waals surface area contributed by atoms with Gasteiger partial charge in [0.1, 0.15) is 0 Å². The number of hydrogen-bond acceptors (Lipinski definition) is 2. The van der Waals surface area contributed by atoms with Crippen LogP contribution in [-0.2, 0) is 4.74 Å². The Morgan fingerprint density at radius 3 is 2.90 bits per heavy atom. The average molecular weight is 143 g/mol. The Labute approximate surface area is 62.7 Å². The lowest BCUT2D eigenvalue weighted by atomic mass is 9.94. The van der Waals surface area contributed by atoms with Gasteiger partial charge >= 0.3 is 0 Å². The summed E-state index contributed by atoms with van der Waals surface area (Å²) in [4.78, 5) is 0. The van der Waals surface area contributed by atoms with Gasteiger partial charge < -0.3 is 10.5 Å². The van der Waals surface area contributed by atoms with Crippen LogP contribution in [0.2, 0.25) is 0 Å². The van der Waals surface area contributed by atoms with E-state index in [1.165, 1.54) is 12.8 Å². The van der Waals surface area contributed by atoms with E-state index in [4.69, 9.17) is 10.5 Å². The molecule has 2 heteroatoms. The molecule has 0 saturated carbocycles. The molecule has 1 unspecified atom stereocenters. The van der Waals surface area contributed by atoms with Gasteiger partial charge in [-0.3, -0.25) is 0 Å². The maximum Gasteiger partial charge on any atom is 0.0469 e. The van der Waals surface area contributed by atoms with E-state index in [1.807, 2.05) is 0 Å². The standard InChI is InChI=1S/C8H17NO/c1-7(9)8-3-2-5-10-6-4-8/h7-8H,2-6,9H2,1H3/t7-,8?/m0/s1. The first-order chi connectivity index (χ1) is 4.80. The summed E-state index contributed by atoms with van der Waals surface area (Å²) in [5.74, 6) is 0.697. The van der Waals surface area contributed by atoms with Gasteiger partial charge in [0.15, 0.2) is 0 Å². The van der Waals surface area contributed by atoms with Gasteiger partial charge in [0.2, 0.25) is 0 Å². The Hall–Kier alpha value is -0.0800. The van der Waals surface area contributed by atoms with Crippen molar-refractivity contribution in [3.8, 4) is 0 Å². The summed E-state index contributed by atoms with van der Waals surface area (Å²) in [6, 6.07) is 0.349. The van der Waals surface area contributed by atoms with Crippen LogP contribution in [0.15, 0.2) is 0 Å². The largest absolute Gasteiger partial charge is 0.381 e. The summed E-state index contributed by atoms with van der Waals surface area (Å²) in [6.07, 6.45) is 3.58. The van der Waals surface area contributed by atoms with Crippen LogP contribution in [0.4, 0.5) is 0 Å². The van der Waals surface area contributed by atoms with Crippen molar-refractivity contribution in [1.82, 2.24) is 0 Å². The zero-order chi connectivity index (χ0) is 7.40. The van der Waals surface area contributed by atoms with Crippen molar-refractivity contribution < 1.29 is 4.74 Å². The van der Waals surface area contributed by atoms with Gasteiger partial charge in [0.25, 0.3) is 0 Å². The van der Waals surface area contributed by atoms with E-state index >= 15 is 0 Å². The number of hydrogen-bond donors (Lipinski definition) is 1. The predicted octanol–water partition coefficient (Wildman–Crippen LogP) is 1.15. The average Bonchev–Trinajstić information content (AvgIpc) is 2.12. The monoisotopic (exact) mass is 143 g/mol. The Bertz CT molecular complexity index is 85.3. The summed E-state index contributed by atoms with van der Waals surface area (Å²) < 4.78 is 5.32. The molecule has 0 aromatic rings. The molecule has 2 N–H and O–H groups in total. The van der Waals surface area contributed by atoms with Crippen LogP contribution < -0.4 is 5.73 Å². The van der Waals surface area contributed by atoms with E-state index in [0.29, 0.717) is 12.0 Å². The van der Waals surface area contributed by atoms with E-state index in [0.717, 1.165) is 19.6 Å². The van der Waals surface area contributed by atoms with Crippen LogP contribution in [0, 0.1) is 5.92 Å². The third-order valence-corrected chi connectivity index (χ3v) is 2.24. The molecule has 2 nitrogen and oxygen atoms in total. The van der Waals surface area contributed by atoms with Crippen LogP contribution in [0.1, 0.15) is 26.2 Å². The first kappa shape index (κ1) is 8.02. The lowest BCUT2D eigenvalue weighted by Gasteiger charge is -2.16. The van der Waals surface area contributed by atoms with Crippen molar-refractivity contribution >= 4 is 0 Å². The van der Waals surface area contributed by atoms with E-state index in [9.17, 15) is 0 Å². The Morgan fingerprint density at radius 2 is 2.20 bits per heavy atom. The van der Waals surface area contributed by atoms with Crippen molar-refractivity contribution in [3.05, 3.63) is 0 Å². The zero-order valence-corrected chi connectivity index (χ0v) is 6.68. The quantitative estimate of drug-likeness (QED) is 0.597. The van der Waals surface area contributed by atoms with Crippen molar-refractivity contribution in [1.29, 1.82) is 0 Å². The first-order valence-corrected chi connectivity index (χ1v) is 4.14. The molecule has 0 aromatic carbocycles. The first-order valence-electron chi connectivity index (χ1n) is 4.14. The van der Waals surface area contributed by atoms with Crippen molar-refractivity contribution in [3.63, 3.8) is 0 Å². The van der Waals surface area contributed by atoms with Crippen LogP contribution in [0.25, 0.3) is 0 Å². The SMILES string of the molecule is C[C@H](N)C1CCCOCC1. The molecule has 0 radical (unpaired) electrons. The highest BCUT2D eigenvalue weighted by molar-refractivity contribution is 4.70. The molecule has 1 heterocycles. The van der Waals surface area contributed by atoms with Crippen molar-refractivity contribution in [2.24, 2.45) is 11.7 Å². The fourth-order valence-electron chi connectivity index (χ4n) is 1.45. The van der Waals surface area contributed by atoms with Crippen LogP contribution in [-0.4, -0.2) is 19.3 Å². The molecule has 0 aliphatic carbocycles. The second-order valence-electron chi connectivity index (χ2n) is 3.16. The molecular weight excluding hydrogens is 126 g/mol. The van der Waals surface area contributed by atoms with Gasteiger partial charge in [0.05, 0.1) is 0 Å². The van der Waals surface area contributed by atoms with Gasteiger partial charge in [-0.25, -0.2) is 0 Å². The third kappa shape index (κ3) is 2.27. The van der Waals surface area contributed by atoms with E-state index in [-0.39, 0.29) is 0 Å². The summed E-state index contributed by atoms with van der Waals surface area (Å²) in [5.41, 5.74) is 5.78. The minimum atomic E-state index is 0.349. The fourth-order valence-corrected chi connectivity index (χ4v) is 1.45. The summed E-state index contributed by atoms with van der Waals surface area (Å²) in [6.45, 7) is 3.94. The normalized spacial score (nSPS) is 31.2. The minimum absolute atomic E-state index is 0.349. The highest BCUT2D eigenvalue weighted by Gasteiger charge is 2.15. The number of nitrogens with two attached hydrogens (primary N) is 1. The second-order valence-corrected chi connectivity index (χ2v) is 3.16. The van der Waals surface area contributed by atoms with Crippen molar-refractivity contribution in [2.75, 3.05) is 13.2 Å². The van der Waals surface area contributed by atoms with Gasteiger partial charge in [0, 0.05) is 19.3 Å². The predicted molar refractivity (Wildman–Crippen MR) is 41.8 cm³/mol. The highest BCUT2D eigenvalue weighted by Crippen LogP contribution is 2.17. The van der Waals surface area contributed by atoms with Gasteiger partial charge in [-0.1, -0.05) is 0 Å². The summed E-state index contributed by atoms with van der Waals surface area (Å²) >= 11 is 0. The maximum absolute atomic E-state index is 5.78.